The van der Waals surface area contributed by atoms with Crippen LogP contribution in [0.4, 0.5) is 0 Å². The van der Waals surface area contributed by atoms with E-state index in [1.165, 1.54) is 10.9 Å². The summed E-state index contributed by atoms with van der Waals surface area (Å²) < 4.78 is 6.86. The van der Waals surface area contributed by atoms with Crippen molar-refractivity contribution in [1.29, 1.82) is 0 Å². The first kappa shape index (κ1) is 12.9. The standard InChI is InChI=1S/C11H14Cl2N2O2/c12-9-7-14-15(11(16)10(9)13)5-1-3-8-4-2-6-17-8/h7-8H,1-6H2. The maximum Gasteiger partial charge on any atom is 0.287 e. The highest BCUT2D eigenvalue weighted by atomic mass is 35.5. The second kappa shape index (κ2) is 5.85. The molecule has 0 radical (unpaired) electrons. The first-order chi connectivity index (χ1) is 8.18. The van der Waals surface area contributed by atoms with Gasteiger partial charge in [0.25, 0.3) is 5.56 Å². The molecule has 0 saturated carbocycles. The van der Waals surface area contributed by atoms with Gasteiger partial charge in [-0.3, -0.25) is 4.79 Å². The molecule has 1 aliphatic heterocycles. The van der Waals surface area contributed by atoms with Gasteiger partial charge in [0.15, 0.2) is 0 Å². The Morgan fingerprint density at radius 2 is 2.35 bits per heavy atom. The molecular weight excluding hydrogens is 263 g/mol. The SMILES string of the molecule is O=c1c(Cl)c(Cl)cnn1CCCC1CCCO1. The van der Waals surface area contributed by atoms with Crippen molar-refractivity contribution in [3.8, 4) is 0 Å². The summed E-state index contributed by atoms with van der Waals surface area (Å²) in [6, 6.07) is 0. The van der Waals surface area contributed by atoms with Crippen molar-refractivity contribution in [1.82, 2.24) is 9.78 Å². The second-order valence-electron chi connectivity index (χ2n) is 4.11. The number of ether oxygens (including phenoxy) is 1. The van der Waals surface area contributed by atoms with Crippen LogP contribution in [0.1, 0.15) is 25.7 Å². The predicted molar refractivity (Wildman–Crippen MR) is 66.7 cm³/mol. The highest BCUT2D eigenvalue weighted by Crippen LogP contribution is 2.17. The molecule has 0 amide bonds. The van der Waals surface area contributed by atoms with Crippen molar-refractivity contribution >= 4 is 23.2 Å². The maximum absolute atomic E-state index is 11.7. The summed E-state index contributed by atoms with van der Waals surface area (Å²) in [5.41, 5.74) is -0.327. The molecule has 2 heterocycles. The molecule has 1 fully saturated rings. The van der Waals surface area contributed by atoms with E-state index in [9.17, 15) is 4.79 Å². The van der Waals surface area contributed by atoms with E-state index in [1.54, 1.807) is 0 Å². The van der Waals surface area contributed by atoms with Gasteiger partial charge in [0, 0.05) is 13.2 Å². The van der Waals surface area contributed by atoms with Gasteiger partial charge in [-0.2, -0.15) is 5.10 Å². The molecule has 0 spiro atoms. The smallest absolute Gasteiger partial charge is 0.287 e. The van der Waals surface area contributed by atoms with E-state index in [4.69, 9.17) is 27.9 Å². The first-order valence-electron chi connectivity index (χ1n) is 5.71. The molecule has 17 heavy (non-hydrogen) atoms. The lowest BCUT2D eigenvalue weighted by atomic mass is 10.1. The van der Waals surface area contributed by atoms with Crippen LogP contribution in [0.25, 0.3) is 0 Å². The van der Waals surface area contributed by atoms with Gasteiger partial charge in [-0.15, -0.1) is 0 Å². The van der Waals surface area contributed by atoms with Crippen LogP contribution in [0, 0.1) is 0 Å². The summed E-state index contributed by atoms with van der Waals surface area (Å²) in [4.78, 5) is 11.7. The van der Waals surface area contributed by atoms with E-state index in [-0.39, 0.29) is 15.6 Å². The molecule has 1 atom stereocenters. The molecule has 6 heteroatoms. The Labute approximate surface area is 109 Å². The average molecular weight is 277 g/mol. The van der Waals surface area contributed by atoms with Gasteiger partial charge >= 0.3 is 0 Å². The Hall–Kier alpha value is -0.580. The van der Waals surface area contributed by atoms with E-state index in [1.807, 2.05) is 0 Å². The van der Waals surface area contributed by atoms with E-state index < -0.39 is 0 Å². The minimum absolute atomic E-state index is 0.0405. The first-order valence-corrected chi connectivity index (χ1v) is 6.47. The van der Waals surface area contributed by atoms with Crippen LogP contribution in [0.3, 0.4) is 0 Å². The minimum Gasteiger partial charge on any atom is -0.378 e. The van der Waals surface area contributed by atoms with Crippen molar-refractivity contribution < 1.29 is 4.74 Å². The Bertz CT molecular complexity index is 442. The number of rotatable bonds is 4. The molecule has 0 aromatic carbocycles. The summed E-state index contributed by atoms with van der Waals surface area (Å²) in [7, 11) is 0. The molecule has 94 valence electrons. The summed E-state index contributed by atoms with van der Waals surface area (Å²) in [6.45, 7) is 1.41. The van der Waals surface area contributed by atoms with E-state index in [0.29, 0.717) is 12.6 Å². The fourth-order valence-corrected chi connectivity index (χ4v) is 2.22. The van der Waals surface area contributed by atoms with E-state index >= 15 is 0 Å². The largest absolute Gasteiger partial charge is 0.378 e. The van der Waals surface area contributed by atoms with Crippen molar-refractivity contribution in [2.45, 2.75) is 38.3 Å². The maximum atomic E-state index is 11.7. The van der Waals surface area contributed by atoms with Gasteiger partial charge in [0.05, 0.1) is 17.3 Å². The lowest BCUT2D eigenvalue weighted by Gasteiger charge is -2.09. The van der Waals surface area contributed by atoms with Crippen LogP contribution in [-0.2, 0) is 11.3 Å². The van der Waals surface area contributed by atoms with Crippen molar-refractivity contribution in [3.05, 3.63) is 26.6 Å². The number of hydrogen-bond acceptors (Lipinski definition) is 3. The van der Waals surface area contributed by atoms with Gasteiger partial charge < -0.3 is 4.74 Å². The number of aryl methyl sites for hydroxylation is 1. The van der Waals surface area contributed by atoms with Gasteiger partial charge in [-0.1, -0.05) is 23.2 Å². The van der Waals surface area contributed by atoms with Crippen LogP contribution in [0.2, 0.25) is 10.0 Å². The lowest BCUT2D eigenvalue weighted by molar-refractivity contribution is 0.101. The van der Waals surface area contributed by atoms with Crippen molar-refractivity contribution in [3.63, 3.8) is 0 Å². The second-order valence-corrected chi connectivity index (χ2v) is 4.90. The third-order valence-corrected chi connectivity index (χ3v) is 3.61. The quantitative estimate of drug-likeness (QED) is 0.849. The van der Waals surface area contributed by atoms with Gasteiger partial charge in [0.2, 0.25) is 0 Å². The van der Waals surface area contributed by atoms with Gasteiger partial charge in [0.1, 0.15) is 5.02 Å². The third-order valence-electron chi connectivity index (χ3n) is 2.86. The molecule has 1 unspecified atom stereocenters. The molecule has 0 N–H and O–H groups in total. The third kappa shape index (κ3) is 3.21. The van der Waals surface area contributed by atoms with Crippen LogP contribution in [0.15, 0.2) is 11.0 Å². The monoisotopic (exact) mass is 276 g/mol. The Kier molecular flexibility index (Phi) is 4.42. The van der Waals surface area contributed by atoms with Crippen LogP contribution in [0.5, 0.6) is 0 Å². The molecule has 1 aromatic heterocycles. The van der Waals surface area contributed by atoms with E-state index in [2.05, 4.69) is 5.10 Å². The average Bonchev–Trinajstić information content (AvgIpc) is 2.82. The van der Waals surface area contributed by atoms with Crippen LogP contribution < -0.4 is 5.56 Å². The molecule has 1 saturated heterocycles. The van der Waals surface area contributed by atoms with Crippen LogP contribution in [-0.4, -0.2) is 22.5 Å². The fourth-order valence-electron chi connectivity index (χ4n) is 1.94. The summed E-state index contributed by atoms with van der Waals surface area (Å²) in [5, 5.41) is 4.19. The molecular formula is C11H14Cl2N2O2. The zero-order valence-electron chi connectivity index (χ0n) is 9.36. The molecule has 0 bridgehead atoms. The number of nitrogens with zero attached hydrogens (tertiary/aromatic N) is 2. The highest BCUT2D eigenvalue weighted by Gasteiger charge is 2.15. The Balaban J connectivity index is 1.90. The zero-order chi connectivity index (χ0) is 12.3. The summed E-state index contributed by atoms with van der Waals surface area (Å²) >= 11 is 11.5. The highest BCUT2D eigenvalue weighted by molar-refractivity contribution is 6.41. The van der Waals surface area contributed by atoms with Gasteiger partial charge in [-0.25, -0.2) is 4.68 Å². The Morgan fingerprint density at radius 1 is 1.53 bits per heavy atom. The molecule has 4 nitrogen and oxygen atoms in total. The molecule has 1 aliphatic rings. The summed E-state index contributed by atoms with van der Waals surface area (Å²) in [5.74, 6) is 0. The normalized spacial score (nSPS) is 19.8. The number of hydrogen-bond donors (Lipinski definition) is 0. The predicted octanol–water partition coefficient (Wildman–Crippen LogP) is 2.51. The van der Waals surface area contributed by atoms with Crippen molar-refractivity contribution in [2.24, 2.45) is 0 Å². The molecule has 1 aromatic rings. The van der Waals surface area contributed by atoms with Crippen LogP contribution >= 0.6 is 23.2 Å². The zero-order valence-corrected chi connectivity index (χ0v) is 10.9. The molecule has 2 rings (SSSR count). The van der Waals surface area contributed by atoms with Crippen molar-refractivity contribution in [2.75, 3.05) is 6.61 Å². The lowest BCUT2D eigenvalue weighted by Crippen LogP contribution is -2.23. The number of aromatic nitrogens is 2. The molecule has 0 aliphatic carbocycles. The fraction of sp³-hybridized carbons (Fsp3) is 0.636. The van der Waals surface area contributed by atoms with Gasteiger partial charge in [-0.05, 0) is 25.7 Å². The summed E-state index contributed by atoms with van der Waals surface area (Å²) in [6.07, 6.45) is 5.80. The number of halogens is 2. The van der Waals surface area contributed by atoms with E-state index in [0.717, 1.165) is 32.3 Å². The Morgan fingerprint density at radius 3 is 3.06 bits per heavy atom. The topological polar surface area (TPSA) is 44.1 Å². The minimum atomic E-state index is -0.327.